The predicted molar refractivity (Wildman–Crippen MR) is 84.9 cm³/mol. The van der Waals surface area contributed by atoms with E-state index in [-0.39, 0.29) is 12.4 Å². The van der Waals surface area contributed by atoms with Crippen LogP contribution in [0.3, 0.4) is 0 Å². The summed E-state index contributed by atoms with van der Waals surface area (Å²) in [5.41, 5.74) is 4.12. The lowest BCUT2D eigenvalue weighted by atomic mass is 9.95. The van der Waals surface area contributed by atoms with E-state index in [1.807, 2.05) is 72.8 Å². The van der Waals surface area contributed by atoms with Crippen molar-refractivity contribution in [3.63, 3.8) is 0 Å². The predicted octanol–water partition coefficient (Wildman–Crippen LogP) is 4.22. The summed E-state index contributed by atoms with van der Waals surface area (Å²) < 4.78 is 0. The summed E-state index contributed by atoms with van der Waals surface area (Å²) in [5.74, 6) is 0.240. The molecule has 0 unspecified atom stereocenters. The molecule has 0 heterocycles. The summed E-state index contributed by atoms with van der Waals surface area (Å²) in [4.78, 5) is 0. The lowest BCUT2D eigenvalue weighted by molar-refractivity contribution is 0.282. The number of phenols is 1. The van der Waals surface area contributed by atoms with Gasteiger partial charge in [0, 0.05) is 11.1 Å². The SMILES string of the molecule is OCc1cc(-c2ccccc2)c(O)c(-c2ccccc2)c1. The summed E-state index contributed by atoms with van der Waals surface area (Å²) in [6.45, 7) is -0.0556. The van der Waals surface area contributed by atoms with Gasteiger partial charge < -0.3 is 10.2 Å². The fourth-order valence-electron chi connectivity index (χ4n) is 2.46. The second kappa shape index (κ2) is 5.81. The minimum absolute atomic E-state index is 0.0556. The van der Waals surface area contributed by atoms with Crippen molar-refractivity contribution in [3.05, 3.63) is 78.4 Å². The van der Waals surface area contributed by atoms with Crippen LogP contribution < -0.4 is 0 Å². The van der Waals surface area contributed by atoms with Crippen LogP contribution in [0.25, 0.3) is 22.3 Å². The number of aliphatic hydroxyl groups is 1. The van der Waals surface area contributed by atoms with Gasteiger partial charge in [-0.1, -0.05) is 60.7 Å². The number of rotatable bonds is 3. The van der Waals surface area contributed by atoms with Crippen LogP contribution in [0.5, 0.6) is 5.75 Å². The van der Waals surface area contributed by atoms with Crippen LogP contribution in [0, 0.1) is 0 Å². The molecule has 0 spiro atoms. The van der Waals surface area contributed by atoms with E-state index >= 15 is 0 Å². The molecule has 104 valence electrons. The number of aromatic hydroxyl groups is 1. The lowest BCUT2D eigenvalue weighted by Gasteiger charge is -2.13. The van der Waals surface area contributed by atoms with Gasteiger partial charge in [0.1, 0.15) is 5.75 Å². The summed E-state index contributed by atoms with van der Waals surface area (Å²) in [6, 6.07) is 23.1. The van der Waals surface area contributed by atoms with Gasteiger partial charge in [0.15, 0.2) is 0 Å². The fourth-order valence-corrected chi connectivity index (χ4v) is 2.46. The van der Waals surface area contributed by atoms with Gasteiger partial charge >= 0.3 is 0 Å². The van der Waals surface area contributed by atoms with Crippen molar-refractivity contribution in [3.8, 4) is 28.0 Å². The number of benzene rings is 3. The first-order valence-electron chi connectivity index (χ1n) is 6.87. The normalized spacial score (nSPS) is 10.5. The molecule has 0 saturated heterocycles. The minimum atomic E-state index is -0.0556. The standard InChI is InChI=1S/C19H16O2/c20-13-14-11-17(15-7-3-1-4-8-15)19(21)18(12-14)16-9-5-2-6-10-16/h1-12,20-21H,13H2. The highest BCUT2D eigenvalue weighted by Crippen LogP contribution is 2.39. The smallest absolute Gasteiger partial charge is 0.131 e. The first-order valence-corrected chi connectivity index (χ1v) is 6.87. The van der Waals surface area contributed by atoms with Gasteiger partial charge in [-0.15, -0.1) is 0 Å². The zero-order valence-electron chi connectivity index (χ0n) is 11.5. The third-order valence-electron chi connectivity index (χ3n) is 3.52. The molecule has 0 aromatic heterocycles. The Hall–Kier alpha value is -2.58. The van der Waals surface area contributed by atoms with E-state index in [1.54, 1.807) is 0 Å². The molecule has 0 bridgehead atoms. The van der Waals surface area contributed by atoms with Crippen molar-refractivity contribution in [2.45, 2.75) is 6.61 Å². The van der Waals surface area contributed by atoms with Crippen molar-refractivity contribution < 1.29 is 10.2 Å². The summed E-state index contributed by atoms with van der Waals surface area (Å²) in [5, 5.41) is 20.1. The van der Waals surface area contributed by atoms with Crippen LogP contribution in [0.4, 0.5) is 0 Å². The maximum absolute atomic E-state index is 10.6. The van der Waals surface area contributed by atoms with Crippen LogP contribution >= 0.6 is 0 Å². The maximum atomic E-state index is 10.6. The average molecular weight is 276 g/mol. The molecule has 0 saturated carbocycles. The van der Waals surface area contributed by atoms with Gasteiger partial charge in [0.05, 0.1) is 6.61 Å². The maximum Gasteiger partial charge on any atom is 0.131 e. The van der Waals surface area contributed by atoms with Crippen LogP contribution in [0.1, 0.15) is 5.56 Å². The molecule has 0 fully saturated rings. The highest BCUT2D eigenvalue weighted by molar-refractivity contribution is 5.82. The highest BCUT2D eigenvalue weighted by atomic mass is 16.3. The summed E-state index contributed by atoms with van der Waals surface area (Å²) >= 11 is 0. The molecule has 2 nitrogen and oxygen atoms in total. The molecule has 3 aromatic carbocycles. The number of phenolic OH excluding ortho intramolecular Hbond substituents is 1. The largest absolute Gasteiger partial charge is 0.507 e. The second-order valence-corrected chi connectivity index (χ2v) is 4.93. The molecule has 3 aromatic rings. The van der Waals surface area contributed by atoms with E-state index in [4.69, 9.17) is 0 Å². The Labute approximate surface area is 123 Å². The van der Waals surface area contributed by atoms with Crippen LogP contribution in [0.2, 0.25) is 0 Å². The van der Waals surface area contributed by atoms with E-state index in [0.717, 1.165) is 27.8 Å². The third-order valence-corrected chi connectivity index (χ3v) is 3.52. The topological polar surface area (TPSA) is 40.5 Å². The number of hydrogen-bond donors (Lipinski definition) is 2. The molecule has 3 rings (SSSR count). The van der Waals surface area contributed by atoms with Gasteiger partial charge in [-0.2, -0.15) is 0 Å². The van der Waals surface area contributed by atoms with Crippen molar-refractivity contribution in [2.75, 3.05) is 0 Å². The van der Waals surface area contributed by atoms with E-state index in [2.05, 4.69) is 0 Å². The number of aliphatic hydroxyl groups excluding tert-OH is 1. The van der Waals surface area contributed by atoms with E-state index in [0.29, 0.717) is 0 Å². The summed E-state index contributed by atoms with van der Waals surface area (Å²) in [6.07, 6.45) is 0. The third kappa shape index (κ3) is 2.67. The van der Waals surface area contributed by atoms with Gasteiger partial charge in [-0.3, -0.25) is 0 Å². The Balaban J connectivity index is 2.23. The molecule has 21 heavy (non-hydrogen) atoms. The van der Waals surface area contributed by atoms with Crippen molar-refractivity contribution >= 4 is 0 Å². The zero-order chi connectivity index (χ0) is 14.7. The van der Waals surface area contributed by atoms with E-state index < -0.39 is 0 Å². The van der Waals surface area contributed by atoms with E-state index in [9.17, 15) is 10.2 Å². The lowest BCUT2D eigenvalue weighted by Crippen LogP contribution is -1.90. The Morgan fingerprint density at radius 1 is 0.667 bits per heavy atom. The first kappa shape index (κ1) is 13.4. The van der Waals surface area contributed by atoms with Crippen molar-refractivity contribution in [2.24, 2.45) is 0 Å². The Bertz CT molecular complexity index is 674. The molecule has 0 amide bonds. The van der Waals surface area contributed by atoms with Crippen molar-refractivity contribution in [1.29, 1.82) is 0 Å². The van der Waals surface area contributed by atoms with E-state index in [1.165, 1.54) is 0 Å². The van der Waals surface area contributed by atoms with Gasteiger partial charge in [-0.05, 0) is 28.8 Å². The molecule has 0 aliphatic rings. The first-order chi connectivity index (χ1) is 10.3. The number of hydrogen-bond acceptors (Lipinski definition) is 2. The summed E-state index contributed by atoms with van der Waals surface area (Å²) in [7, 11) is 0. The molecule has 2 heteroatoms. The Morgan fingerprint density at radius 3 is 1.48 bits per heavy atom. The van der Waals surface area contributed by atoms with Crippen molar-refractivity contribution in [1.82, 2.24) is 0 Å². The highest BCUT2D eigenvalue weighted by Gasteiger charge is 2.12. The Kier molecular flexibility index (Phi) is 3.71. The molecular formula is C19H16O2. The molecule has 2 N–H and O–H groups in total. The molecule has 0 radical (unpaired) electrons. The second-order valence-electron chi connectivity index (χ2n) is 4.93. The average Bonchev–Trinajstić information content (AvgIpc) is 2.57. The fraction of sp³-hybridized carbons (Fsp3) is 0.0526. The van der Waals surface area contributed by atoms with Gasteiger partial charge in [0.2, 0.25) is 0 Å². The van der Waals surface area contributed by atoms with Crippen LogP contribution in [0.15, 0.2) is 72.8 Å². The molecule has 0 atom stereocenters. The van der Waals surface area contributed by atoms with Crippen LogP contribution in [-0.4, -0.2) is 10.2 Å². The molecule has 0 aliphatic heterocycles. The minimum Gasteiger partial charge on any atom is -0.507 e. The molecule has 0 aliphatic carbocycles. The van der Waals surface area contributed by atoms with Gasteiger partial charge in [0.25, 0.3) is 0 Å². The monoisotopic (exact) mass is 276 g/mol. The van der Waals surface area contributed by atoms with Gasteiger partial charge in [-0.25, -0.2) is 0 Å². The Morgan fingerprint density at radius 2 is 1.10 bits per heavy atom. The molecular weight excluding hydrogens is 260 g/mol. The van der Waals surface area contributed by atoms with Crippen LogP contribution in [-0.2, 0) is 6.61 Å². The zero-order valence-corrected chi connectivity index (χ0v) is 11.5. The quantitative estimate of drug-likeness (QED) is 0.752.